The van der Waals surface area contributed by atoms with Crippen molar-refractivity contribution in [2.75, 3.05) is 0 Å². The van der Waals surface area contributed by atoms with Crippen LogP contribution in [-0.4, -0.2) is 4.57 Å². The van der Waals surface area contributed by atoms with Gasteiger partial charge in [-0.2, -0.15) is 0 Å². The molecule has 2 nitrogen and oxygen atoms in total. The van der Waals surface area contributed by atoms with Gasteiger partial charge in [0.1, 0.15) is 18.1 Å². The summed E-state index contributed by atoms with van der Waals surface area (Å²) in [4.78, 5) is 0. The van der Waals surface area contributed by atoms with E-state index in [4.69, 9.17) is 0 Å². The molecule has 0 aliphatic heterocycles. The third-order valence-corrected chi connectivity index (χ3v) is 6.18. The van der Waals surface area contributed by atoms with Crippen molar-refractivity contribution < 1.29 is 4.57 Å². The summed E-state index contributed by atoms with van der Waals surface area (Å²) < 4.78 is 4.71. The number of benzene rings is 1. The Morgan fingerprint density at radius 3 is 2.59 bits per heavy atom. The Kier molecular flexibility index (Phi) is 3.18. The lowest BCUT2D eigenvalue weighted by Crippen LogP contribution is -2.40. The van der Waals surface area contributed by atoms with Gasteiger partial charge in [0, 0.05) is 5.41 Å². The topological polar surface area (TPSA) is 8.81 Å². The van der Waals surface area contributed by atoms with Crippen molar-refractivity contribution in [1.82, 2.24) is 4.57 Å². The molecule has 2 fully saturated rings. The fraction of sp³-hybridized carbons (Fsp3) is 0.550. The average Bonchev–Trinajstić information content (AvgIpc) is 3.20. The highest BCUT2D eigenvalue weighted by Crippen LogP contribution is 2.61. The molecule has 2 aliphatic rings. The van der Waals surface area contributed by atoms with Crippen molar-refractivity contribution in [2.45, 2.75) is 58.9 Å². The van der Waals surface area contributed by atoms with Crippen molar-refractivity contribution in [2.24, 2.45) is 10.8 Å². The van der Waals surface area contributed by atoms with Crippen LogP contribution in [0.4, 0.5) is 0 Å². The van der Waals surface area contributed by atoms with Gasteiger partial charge < -0.3 is 0 Å². The number of aryl methyl sites for hydroxylation is 1. The van der Waals surface area contributed by atoms with Gasteiger partial charge in [-0.25, -0.2) is 9.13 Å². The van der Waals surface area contributed by atoms with E-state index in [1.54, 1.807) is 0 Å². The highest BCUT2D eigenvalue weighted by atomic mass is 15.1. The maximum Gasteiger partial charge on any atom is 0.249 e. The molecule has 116 valence electrons. The molecule has 0 amide bonds. The zero-order chi connectivity index (χ0) is 15.2. The van der Waals surface area contributed by atoms with Gasteiger partial charge in [-0.15, -0.1) is 0 Å². The fourth-order valence-electron chi connectivity index (χ4n) is 4.94. The summed E-state index contributed by atoms with van der Waals surface area (Å²) in [7, 11) is 0. The Labute approximate surface area is 133 Å². The van der Waals surface area contributed by atoms with Crippen molar-refractivity contribution >= 4 is 0 Å². The Bertz CT molecular complexity index is 675. The van der Waals surface area contributed by atoms with E-state index in [0.717, 1.165) is 6.42 Å². The van der Waals surface area contributed by atoms with Gasteiger partial charge in [0.15, 0.2) is 0 Å². The van der Waals surface area contributed by atoms with E-state index in [0.29, 0.717) is 10.8 Å². The normalized spacial score (nSPS) is 30.1. The quantitative estimate of drug-likeness (QED) is 0.744. The first-order chi connectivity index (χ1) is 10.6. The van der Waals surface area contributed by atoms with E-state index >= 15 is 0 Å². The zero-order valence-electron chi connectivity index (χ0n) is 13.9. The maximum absolute atomic E-state index is 2.50. The van der Waals surface area contributed by atoms with E-state index in [1.165, 1.54) is 49.9 Å². The standard InChI is InChI=1S/C20H27N2/c1-3-17-6-4-5-7-18(17)22-13-12-21(16-22)15-20-10-8-19(2,14-20)9-11-20/h4-7,12-13,16H,3,8-11,14-15H2,1-2H3/q+1. The second-order valence-electron chi connectivity index (χ2n) is 7.96. The van der Waals surface area contributed by atoms with E-state index < -0.39 is 0 Å². The molecule has 0 saturated heterocycles. The van der Waals surface area contributed by atoms with E-state index in [9.17, 15) is 0 Å². The minimum absolute atomic E-state index is 0.579. The minimum Gasteiger partial charge on any atom is -0.236 e. The molecule has 0 radical (unpaired) electrons. The summed E-state index contributed by atoms with van der Waals surface area (Å²) >= 11 is 0. The smallest absolute Gasteiger partial charge is 0.236 e. The predicted octanol–water partition coefficient (Wildman–Crippen LogP) is 4.30. The van der Waals surface area contributed by atoms with Gasteiger partial charge >= 0.3 is 0 Å². The Morgan fingerprint density at radius 1 is 1.14 bits per heavy atom. The molecule has 0 N–H and O–H groups in total. The van der Waals surface area contributed by atoms with Crippen LogP contribution in [0.2, 0.25) is 0 Å². The maximum atomic E-state index is 2.50. The molecule has 0 unspecified atom stereocenters. The molecule has 0 atom stereocenters. The highest BCUT2D eigenvalue weighted by Gasteiger charge is 2.52. The SMILES string of the molecule is CCc1ccccc1-n1cc[n+](CC23CCC(C)(CC2)C3)c1. The number of aromatic nitrogens is 2. The lowest BCUT2D eigenvalue weighted by molar-refractivity contribution is -0.709. The van der Waals surface area contributed by atoms with E-state index in [1.807, 2.05) is 0 Å². The third-order valence-electron chi connectivity index (χ3n) is 6.18. The zero-order valence-corrected chi connectivity index (χ0v) is 13.9. The van der Waals surface area contributed by atoms with Gasteiger partial charge in [-0.05, 0) is 55.6 Å². The van der Waals surface area contributed by atoms with Gasteiger partial charge in [0.25, 0.3) is 0 Å². The third kappa shape index (κ3) is 2.29. The minimum atomic E-state index is 0.579. The van der Waals surface area contributed by atoms with Crippen LogP contribution in [0.5, 0.6) is 0 Å². The highest BCUT2D eigenvalue weighted by molar-refractivity contribution is 5.40. The number of rotatable bonds is 4. The van der Waals surface area contributed by atoms with Crippen LogP contribution in [0.25, 0.3) is 5.69 Å². The van der Waals surface area contributed by atoms with Crippen LogP contribution in [0.15, 0.2) is 43.0 Å². The van der Waals surface area contributed by atoms with Crippen LogP contribution < -0.4 is 4.57 Å². The van der Waals surface area contributed by atoms with Crippen molar-refractivity contribution in [1.29, 1.82) is 0 Å². The summed E-state index contributed by atoms with van der Waals surface area (Å²) in [5.74, 6) is 0. The Balaban J connectivity index is 1.58. The molecule has 2 aliphatic carbocycles. The predicted molar refractivity (Wildman–Crippen MR) is 89.0 cm³/mol. The molecular formula is C20H27N2+. The molecule has 0 spiro atoms. The van der Waals surface area contributed by atoms with Gasteiger partial charge in [0.2, 0.25) is 6.33 Å². The largest absolute Gasteiger partial charge is 0.249 e. The number of para-hydroxylation sites is 1. The number of hydrogen-bond donors (Lipinski definition) is 0. The molecule has 1 heterocycles. The van der Waals surface area contributed by atoms with Gasteiger partial charge in [-0.3, -0.25) is 0 Å². The van der Waals surface area contributed by atoms with Crippen LogP contribution in [-0.2, 0) is 13.0 Å². The molecule has 1 aromatic carbocycles. The molecule has 2 heteroatoms. The first kappa shape index (κ1) is 14.0. The second kappa shape index (κ2) is 4.97. The lowest BCUT2D eigenvalue weighted by atomic mass is 9.83. The summed E-state index contributed by atoms with van der Waals surface area (Å²) in [5, 5.41) is 0. The average molecular weight is 295 g/mol. The Hall–Kier alpha value is -1.57. The Morgan fingerprint density at radius 2 is 1.91 bits per heavy atom. The van der Waals surface area contributed by atoms with Crippen LogP contribution in [0.3, 0.4) is 0 Å². The number of fused-ring (bicyclic) bond motifs is 2. The molecule has 2 saturated carbocycles. The van der Waals surface area contributed by atoms with Crippen LogP contribution >= 0.6 is 0 Å². The second-order valence-corrected chi connectivity index (χ2v) is 7.96. The van der Waals surface area contributed by atoms with E-state index in [2.05, 4.69) is 66.0 Å². The monoisotopic (exact) mass is 295 g/mol. The molecule has 2 aromatic rings. The summed E-state index contributed by atoms with van der Waals surface area (Å²) in [5.41, 5.74) is 3.97. The van der Waals surface area contributed by atoms with Gasteiger partial charge in [-0.1, -0.05) is 32.0 Å². The first-order valence-corrected chi connectivity index (χ1v) is 8.77. The first-order valence-electron chi connectivity index (χ1n) is 8.77. The van der Waals surface area contributed by atoms with Crippen LogP contribution in [0, 0.1) is 10.8 Å². The molecular weight excluding hydrogens is 268 g/mol. The van der Waals surface area contributed by atoms with Crippen molar-refractivity contribution in [3.05, 3.63) is 48.5 Å². The summed E-state index contributed by atoms with van der Waals surface area (Å²) in [6, 6.07) is 8.73. The van der Waals surface area contributed by atoms with Crippen molar-refractivity contribution in [3.63, 3.8) is 0 Å². The van der Waals surface area contributed by atoms with E-state index in [-0.39, 0.29) is 0 Å². The lowest BCUT2D eigenvalue weighted by Gasteiger charge is -2.24. The number of hydrogen-bond acceptors (Lipinski definition) is 0. The molecule has 1 aromatic heterocycles. The number of nitrogens with zero attached hydrogens (tertiary/aromatic N) is 2. The van der Waals surface area contributed by atoms with Crippen molar-refractivity contribution in [3.8, 4) is 5.69 Å². The molecule has 22 heavy (non-hydrogen) atoms. The molecule has 2 bridgehead atoms. The summed E-state index contributed by atoms with van der Waals surface area (Å²) in [6.07, 6.45) is 15.0. The molecule has 4 rings (SSSR count). The number of imidazole rings is 1. The summed E-state index contributed by atoms with van der Waals surface area (Å²) in [6.45, 7) is 5.92. The van der Waals surface area contributed by atoms with Gasteiger partial charge in [0.05, 0.1) is 6.54 Å². The fourth-order valence-corrected chi connectivity index (χ4v) is 4.94. The van der Waals surface area contributed by atoms with Crippen LogP contribution in [0.1, 0.15) is 51.5 Å².